The van der Waals surface area contributed by atoms with E-state index < -0.39 is 48.3 Å². The highest BCUT2D eigenvalue weighted by Gasteiger charge is 2.36. The maximum Gasteiger partial charge on any atom is 0.433 e. The van der Waals surface area contributed by atoms with Gasteiger partial charge < -0.3 is 29.7 Å². The highest BCUT2D eigenvalue weighted by Crippen LogP contribution is 2.31. The van der Waals surface area contributed by atoms with Gasteiger partial charge in [0, 0.05) is 43.9 Å². The number of alkyl halides is 3. The fourth-order valence-corrected chi connectivity index (χ4v) is 4.59. The van der Waals surface area contributed by atoms with Crippen molar-refractivity contribution in [2.24, 2.45) is 0 Å². The summed E-state index contributed by atoms with van der Waals surface area (Å²) in [5.41, 5.74) is -0.490. The molecule has 2 aromatic carbocycles. The molecular weight excluding hydrogens is 550 g/mol. The van der Waals surface area contributed by atoms with Gasteiger partial charge in [0.2, 0.25) is 5.95 Å². The summed E-state index contributed by atoms with van der Waals surface area (Å²) < 4.78 is 71.3. The number of nitrogens with one attached hydrogen (secondary N) is 2. The van der Waals surface area contributed by atoms with Crippen molar-refractivity contribution in [3.05, 3.63) is 71.3 Å². The molecule has 1 aromatic heterocycles. The Labute approximate surface area is 231 Å². The lowest BCUT2D eigenvalue weighted by Gasteiger charge is -2.39. The van der Waals surface area contributed by atoms with Crippen LogP contribution < -0.4 is 29.7 Å². The second-order valence-corrected chi connectivity index (χ2v) is 9.44. The molecule has 10 nitrogen and oxygen atoms in total. The quantitative estimate of drug-likeness (QED) is 0.449. The topological polar surface area (TPSA) is 115 Å². The first-order chi connectivity index (χ1) is 19.6. The van der Waals surface area contributed by atoms with E-state index in [-0.39, 0.29) is 54.8 Å². The number of halogens is 4. The van der Waals surface area contributed by atoms with Crippen LogP contribution in [0.2, 0.25) is 0 Å². The number of fused-ring (bicyclic) bond motifs is 5. The average Bonchev–Trinajstić information content (AvgIpc) is 2.94. The summed E-state index contributed by atoms with van der Waals surface area (Å²) in [6.07, 6.45) is -4.08. The van der Waals surface area contributed by atoms with Crippen molar-refractivity contribution in [1.29, 1.82) is 0 Å². The molecule has 0 aliphatic carbocycles. The van der Waals surface area contributed by atoms with Gasteiger partial charge in [-0.2, -0.15) is 13.2 Å². The third kappa shape index (κ3) is 6.58. The summed E-state index contributed by atoms with van der Waals surface area (Å²) >= 11 is 0. The molecule has 2 N–H and O–H groups in total. The zero-order valence-electron chi connectivity index (χ0n) is 21.7. The zero-order chi connectivity index (χ0) is 29.1. The Balaban J connectivity index is 1.48. The first-order valence-corrected chi connectivity index (χ1v) is 12.6. The molecule has 2 amide bonds. The van der Waals surface area contributed by atoms with Crippen LogP contribution in [-0.2, 0) is 17.5 Å². The first-order valence-electron chi connectivity index (χ1n) is 12.6. The Bertz CT molecular complexity index is 1450. The molecule has 41 heavy (non-hydrogen) atoms. The molecule has 0 unspecified atom stereocenters. The molecule has 5 rings (SSSR count). The monoisotopic (exact) mass is 575 g/mol. The molecule has 0 radical (unpaired) electrons. The molecule has 1 saturated heterocycles. The third-order valence-corrected chi connectivity index (χ3v) is 6.57. The minimum Gasteiger partial charge on any atom is -0.493 e. The van der Waals surface area contributed by atoms with Crippen molar-refractivity contribution in [3.63, 3.8) is 0 Å². The normalized spacial score (nSPS) is 19.7. The Kier molecular flexibility index (Phi) is 7.81. The second-order valence-electron chi connectivity index (χ2n) is 9.44. The number of hydrogen-bond donors (Lipinski definition) is 2. The summed E-state index contributed by atoms with van der Waals surface area (Å²) in [4.78, 5) is 34.9. The van der Waals surface area contributed by atoms with Crippen LogP contribution in [0.5, 0.6) is 17.2 Å². The van der Waals surface area contributed by atoms with Gasteiger partial charge in [-0.3, -0.25) is 9.59 Å². The predicted octanol–water partition coefficient (Wildman–Crippen LogP) is 3.11. The van der Waals surface area contributed by atoms with E-state index in [0.717, 1.165) is 12.3 Å². The van der Waals surface area contributed by atoms with E-state index in [1.165, 1.54) is 42.3 Å². The van der Waals surface area contributed by atoms with Crippen LogP contribution >= 0.6 is 0 Å². The van der Waals surface area contributed by atoms with Crippen LogP contribution in [0.15, 0.2) is 48.7 Å². The molecular formula is C27H25F4N5O5. The van der Waals surface area contributed by atoms with E-state index in [1.54, 1.807) is 6.07 Å². The molecule has 0 saturated carbocycles. The van der Waals surface area contributed by atoms with Crippen LogP contribution in [-0.4, -0.2) is 60.7 Å². The average molecular weight is 576 g/mol. The number of aromatic nitrogens is 2. The fraction of sp³-hybridized carbons (Fsp3) is 0.333. The molecule has 0 spiro atoms. The maximum absolute atomic E-state index is 14.4. The van der Waals surface area contributed by atoms with Crippen LogP contribution in [0.4, 0.5) is 23.5 Å². The first kappa shape index (κ1) is 27.9. The van der Waals surface area contributed by atoms with Gasteiger partial charge in [-0.15, -0.1) is 0 Å². The van der Waals surface area contributed by atoms with E-state index in [2.05, 4.69) is 20.6 Å². The molecule has 216 valence electrons. The number of carbonyl (C=O) groups excluding carboxylic acids is 2. The fourth-order valence-electron chi connectivity index (χ4n) is 4.59. The van der Waals surface area contributed by atoms with E-state index in [1.807, 2.05) is 0 Å². The SMILES string of the molecule is COc1ccc2cc1OCC(=O)NCc1cc(F)cc(c1)O[C@@H]1CCN(c3nccc(C(F)(F)F)n3)C[C@@H]1NC2=O. The lowest BCUT2D eigenvalue weighted by atomic mass is 10.0. The van der Waals surface area contributed by atoms with Crippen LogP contribution in [0.3, 0.4) is 0 Å². The lowest BCUT2D eigenvalue weighted by molar-refractivity contribution is -0.141. The highest BCUT2D eigenvalue weighted by molar-refractivity contribution is 5.95. The molecule has 14 heteroatoms. The standard InChI is InChI=1S/C27H25F4N5O5/c1-39-21-3-2-16-10-22(21)40-14-24(37)33-12-15-8-17(28)11-18(9-15)41-20-5-7-36(13-19(20)34-25(16)38)26-32-6-4-23(35-26)27(29,30)31/h2-4,6,8-11,19-20H,5,7,12-14H2,1H3,(H,33,37)(H,34,38)/t19-,20+/m0/s1. The van der Waals surface area contributed by atoms with Gasteiger partial charge in [0.25, 0.3) is 11.8 Å². The minimum absolute atomic E-state index is 0.00101. The van der Waals surface area contributed by atoms with Crippen LogP contribution in [0.25, 0.3) is 0 Å². The van der Waals surface area contributed by atoms with E-state index >= 15 is 0 Å². The number of ether oxygens (including phenoxy) is 3. The zero-order valence-corrected chi connectivity index (χ0v) is 21.7. The predicted molar refractivity (Wildman–Crippen MR) is 136 cm³/mol. The van der Waals surface area contributed by atoms with E-state index in [0.29, 0.717) is 5.56 Å². The van der Waals surface area contributed by atoms with Crippen molar-refractivity contribution < 1.29 is 41.4 Å². The van der Waals surface area contributed by atoms with Crippen molar-refractivity contribution >= 4 is 17.8 Å². The summed E-state index contributed by atoms with van der Waals surface area (Å²) in [6, 6.07) is 8.41. The molecule has 2 atom stereocenters. The lowest BCUT2D eigenvalue weighted by Crippen LogP contribution is -2.57. The summed E-state index contributed by atoms with van der Waals surface area (Å²) in [6.45, 7) is -0.178. The molecule has 3 aromatic rings. The number of benzene rings is 2. The number of piperidine rings is 1. The number of rotatable bonds is 2. The van der Waals surface area contributed by atoms with Crippen molar-refractivity contribution in [2.45, 2.75) is 31.3 Å². The minimum atomic E-state index is -4.65. The summed E-state index contributed by atoms with van der Waals surface area (Å²) in [7, 11) is 1.41. The van der Waals surface area contributed by atoms with Gasteiger partial charge in [-0.25, -0.2) is 14.4 Å². The molecule has 3 heterocycles. The van der Waals surface area contributed by atoms with Crippen molar-refractivity contribution in [3.8, 4) is 17.2 Å². The third-order valence-electron chi connectivity index (χ3n) is 6.57. The molecule has 4 bridgehead atoms. The molecule has 2 aliphatic rings. The van der Waals surface area contributed by atoms with Crippen LogP contribution in [0.1, 0.15) is 28.0 Å². The van der Waals surface area contributed by atoms with Gasteiger partial charge >= 0.3 is 6.18 Å². The molecule has 1 fully saturated rings. The van der Waals surface area contributed by atoms with Gasteiger partial charge in [0.05, 0.1) is 13.2 Å². The number of carbonyl (C=O) groups is 2. The Hall–Kier alpha value is -4.62. The van der Waals surface area contributed by atoms with Gasteiger partial charge in [-0.1, -0.05) is 0 Å². The number of amides is 2. The van der Waals surface area contributed by atoms with E-state index in [9.17, 15) is 27.2 Å². The highest BCUT2D eigenvalue weighted by atomic mass is 19.4. The van der Waals surface area contributed by atoms with Gasteiger partial charge in [-0.05, 0) is 42.0 Å². The summed E-state index contributed by atoms with van der Waals surface area (Å²) in [5, 5.41) is 5.51. The second kappa shape index (κ2) is 11.5. The van der Waals surface area contributed by atoms with Gasteiger partial charge in [0.15, 0.2) is 18.1 Å². The van der Waals surface area contributed by atoms with Crippen molar-refractivity contribution in [1.82, 2.24) is 20.6 Å². The summed E-state index contributed by atoms with van der Waals surface area (Å²) in [5.74, 6) is -1.17. The Morgan fingerprint density at radius 3 is 2.73 bits per heavy atom. The van der Waals surface area contributed by atoms with Crippen LogP contribution in [0, 0.1) is 5.82 Å². The van der Waals surface area contributed by atoms with Crippen molar-refractivity contribution in [2.75, 3.05) is 31.7 Å². The largest absolute Gasteiger partial charge is 0.493 e. The number of methoxy groups -OCH3 is 1. The number of anilines is 1. The number of nitrogens with zero attached hydrogens (tertiary/aromatic N) is 3. The van der Waals surface area contributed by atoms with Gasteiger partial charge in [0.1, 0.15) is 23.4 Å². The van der Waals surface area contributed by atoms with E-state index in [4.69, 9.17) is 14.2 Å². The smallest absolute Gasteiger partial charge is 0.433 e. The number of hydrogen-bond acceptors (Lipinski definition) is 8. The Morgan fingerprint density at radius 1 is 1.12 bits per heavy atom. The maximum atomic E-state index is 14.4. The molecule has 2 aliphatic heterocycles. The Morgan fingerprint density at radius 2 is 1.95 bits per heavy atom.